The Balaban J connectivity index is 1.40. The SMILES string of the molecule is COC(=O)[C@H]1OC(Oc2cc3c(c4ccccc24)[C@H](CCl)CN3C(=O)c2cc3cc(NC(=O)OC(C)(C)C)ccc3[nH]2)[C@H](OC(C)=O)[C@@H](OC(C)=O)[C@@H]1OC(C)=O. The predicted octanol–water partition coefficient (Wildman–Crippen LogP) is 5.72. The molecule has 6 rings (SSSR count). The number of fused-ring (bicyclic) bond motifs is 4. The molecular weight excluding hydrogens is 766 g/mol. The minimum atomic E-state index is -1.68. The van der Waals surface area contributed by atoms with E-state index in [-0.39, 0.29) is 35.7 Å². The second-order valence-corrected chi connectivity index (χ2v) is 14.8. The van der Waals surface area contributed by atoms with Crippen LogP contribution in [0.15, 0.2) is 54.6 Å². The fourth-order valence-corrected chi connectivity index (χ4v) is 7.27. The van der Waals surface area contributed by atoms with Crippen molar-refractivity contribution in [2.45, 2.75) is 83.8 Å². The van der Waals surface area contributed by atoms with Crippen molar-refractivity contribution in [2.24, 2.45) is 0 Å². The molecule has 2 aliphatic heterocycles. The highest BCUT2D eigenvalue weighted by Crippen LogP contribution is 2.47. The highest BCUT2D eigenvalue weighted by Gasteiger charge is 2.56. The smallest absolute Gasteiger partial charge is 0.412 e. The molecule has 17 heteroatoms. The lowest BCUT2D eigenvalue weighted by molar-refractivity contribution is -0.282. The molecule has 0 aliphatic carbocycles. The number of H-pyrrole nitrogens is 1. The molecule has 2 N–H and O–H groups in total. The van der Waals surface area contributed by atoms with Gasteiger partial charge in [-0.1, -0.05) is 24.3 Å². The Morgan fingerprint density at radius 1 is 0.877 bits per heavy atom. The molecular formula is C40H42ClN3O13. The maximum absolute atomic E-state index is 14.4. The summed E-state index contributed by atoms with van der Waals surface area (Å²) in [4.78, 5) is 81.5. The van der Waals surface area contributed by atoms with Gasteiger partial charge in [-0.15, -0.1) is 11.6 Å². The Labute approximate surface area is 331 Å². The van der Waals surface area contributed by atoms with Crippen molar-refractivity contribution >= 4 is 80.5 Å². The molecule has 2 aliphatic rings. The number of halogens is 1. The highest BCUT2D eigenvalue weighted by atomic mass is 35.5. The van der Waals surface area contributed by atoms with E-state index in [4.69, 9.17) is 44.8 Å². The highest BCUT2D eigenvalue weighted by molar-refractivity contribution is 6.19. The number of carbonyl (C=O) groups is 6. The summed E-state index contributed by atoms with van der Waals surface area (Å²) in [6.07, 6.45) is -8.65. The molecule has 1 aromatic heterocycles. The molecule has 1 fully saturated rings. The van der Waals surface area contributed by atoms with E-state index in [0.717, 1.165) is 33.4 Å². The molecule has 4 aromatic rings. The Bertz CT molecular complexity index is 2250. The second kappa shape index (κ2) is 16.3. The van der Waals surface area contributed by atoms with Crippen LogP contribution in [0.1, 0.15) is 63.5 Å². The van der Waals surface area contributed by atoms with Crippen LogP contribution in [0.5, 0.6) is 5.75 Å². The summed E-state index contributed by atoms with van der Waals surface area (Å²) < 4.78 is 39.3. The molecule has 57 heavy (non-hydrogen) atoms. The average molecular weight is 808 g/mol. The summed E-state index contributed by atoms with van der Waals surface area (Å²) in [7, 11) is 1.09. The van der Waals surface area contributed by atoms with Crippen molar-refractivity contribution < 1.29 is 61.9 Å². The molecule has 302 valence electrons. The van der Waals surface area contributed by atoms with E-state index >= 15 is 0 Å². The summed E-state index contributed by atoms with van der Waals surface area (Å²) >= 11 is 6.53. The number of nitrogens with one attached hydrogen (secondary N) is 2. The number of anilines is 2. The van der Waals surface area contributed by atoms with Gasteiger partial charge < -0.3 is 43.0 Å². The van der Waals surface area contributed by atoms with Gasteiger partial charge in [0.25, 0.3) is 5.91 Å². The summed E-state index contributed by atoms with van der Waals surface area (Å²) in [5.41, 5.74) is 1.92. The number of benzene rings is 3. The first-order valence-electron chi connectivity index (χ1n) is 18.0. The molecule has 0 bridgehead atoms. The van der Waals surface area contributed by atoms with Crippen molar-refractivity contribution in [2.75, 3.05) is 29.8 Å². The van der Waals surface area contributed by atoms with Crippen molar-refractivity contribution in [1.82, 2.24) is 4.98 Å². The number of hydrogen-bond acceptors (Lipinski definition) is 13. The third kappa shape index (κ3) is 8.76. The lowest BCUT2D eigenvalue weighted by Gasteiger charge is -2.43. The average Bonchev–Trinajstić information content (AvgIpc) is 3.73. The van der Waals surface area contributed by atoms with Crippen LogP contribution in [-0.4, -0.2) is 96.7 Å². The molecule has 0 radical (unpaired) electrons. The molecule has 0 spiro atoms. The maximum Gasteiger partial charge on any atom is 0.412 e. The van der Waals surface area contributed by atoms with E-state index < -0.39 is 66.3 Å². The van der Waals surface area contributed by atoms with Crippen LogP contribution in [0.2, 0.25) is 0 Å². The zero-order valence-corrected chi connectivity index (χ0v) is 33.0. The molecule has 3 aromatic carbocycles. The minimum Gasteiger partial charge on any atom is -0.467 e. The van der Waals surface area contributed by atoms with E-state index in [1.807, 2.05) is 12.1 Å². The van der Waals surface area contributed by atoms with E-state index in [1.54, 1.807) is 68.1 Å². The van der Waals surface area contributed by atoms with Gasteiger partial charge in [0.05, 0.1) is 12.8 Å². The fourth-order valence-electron chi connectivity index (χ4n) is 7.02. The van der Waals surface area contributed by atoms with E-state index in [1.165, 1.54) is 0 Å². The zero-order valence-electron chi connectivity index (χ0n) is 32.2. The number of esters is 4. The van der Waals surface area contributed by atoms with Crippen molar-refractivity contribution in [3.63, 3.8) is 0 Å². The van der Waals surface area contributed by atoms with E-state index in [9.17, 15) is 28.8 Å². The number of aromatic nitrogens is 1. The normalized spacial score (nSPS) is 21.6. The zero-order chi connectivity index (χ0) is 41.3. The molecule has 1 saturated heterocycles. The third-order valence-electron chi connectivity index (χ3n) is 9.13. The first kappa shape index (κ1) is 40.8. The van der Waals surface area contributed by atoms with Crippen LogP contribution >= 0.6 is 11.6 Å². The molecule has 0 saturated carbocycles. The Kier molecular flexibility index (Phi) is 11.7. The Hall–Kier alpha value is -5.87. The van der Waals surface area contributed by atoms with Crippen LogP contribution in [0.4, 0.5) is 16.2 Å². The van der Waals surface area contributed by atoms with E-state index in [0.29, 0.717) is 33.1 Å². The lowest BCUT2D eigenvalue weighted by Crippen LogP contribution is -2.64. The number of hydrogen-bond donors (Lipinski definition) is 2. The minimum absolute atomic E-state index is 0.144. The lowest BCUT2D eigenvalue weighted by atomic mass is 9.95. The number of aromatic amines is 1. The van der Waals surface area contributed by atoms with Crippen molar-refractivity contribution in [3.05, 3.63) is 65.9 Å². The number of ether oxygens (including phenoxy) is 7. The number of rotatable bonds is 9. The summed E-state index contributed by atoms with van der Waals surface area (Å²) in [6, 6.07) is 15.6. The molecule has 1 unspecified atom stereocenters. The Morgan fingerprint density at radius 3 is 2.16 bits per heavy atom. The van der Waals surface area contributed by atoms with E-state index in [2.05, 4.69) is 10.3 Å². The maximum atomic E-state index is 14.4. The summed E-state index contributed by atoms with van der Waals surface area (Å²) in [5, 5.41) is 4.61. The van der Waals surface area contributed by atoms with Crippen LogP contribution in [0, 0.1) is 0 Å². The molecule has 6 atom stereocenters. The second-order valence-electron chi connectivity index (χ2n) is 14.5. The first-order valence-corrected chi connectivity index (χ1v) is 18.5. The predicted molar refractivity (Wildman–Crippen MR) is 205 cm³/mol. The van der Waals surface area contributed by atoms with Crippen LogP contribution < -0.4 is 15.0 Å². The van der Waals surface area contributed by atoms with Gasteiger partial charge in [-0.2, -0.15) is 0 Å². The van der Waals surface area contributed by atoms with Crippen molar-refractivity contribution in [3.8, 4) is 5.75 Å². The molecule has 16 nitrogen and oxygen atoms in total. The largest absolute Gasteiger partial charge is 0.467 e. The van der Waals surface area contributed by atoms with Crippen molar-refractivity contribution in [1.29, 1.82) is 0 Å². The van der Waals surface area contributed by atoms with Gasteiger partial charge >= 0.3 is 30.0 Å². The van der Waals surface area contributed by atoms with Gasteiger partial charge in [0.2, 0.25) is 12.4 Å². The summed E-state index contributed by atoms with van der Waals surface area (Å²) in [6.45, 7) is 8.77. The Morgan fingerprint density at radius 2 is 1.53 bits per heavy atom. The number of alkyl halides is 1. The molecule has 2 amide bonds. The number of carbonyl (C=O) groups excluding carboxylic acids is 6. The number of methoxy groups -OCH3 is 1. The standard InChI is InChI=1S/C40H42ClN3O13/c1-19(45)52-32-33(53-20(2)46)35(54-21(3)47)38(56-34(32)37(49)51-7)55-30-16-29-31(26-11-9-8-10-25(26)30)23(17-41)18-44(29)36(48)28-15-22-14-24(12-13-27(22)43-28)42-39(50)57-40(4,5)6/h8-16,23,32-35,38,43H,17-18H2,1-7H3,(H,42,50)/t23-,32+,33+,34+,35-,38?/m1/s1. The number of amides is 2. The van der Waals surface area contributed by atoms with Gasteiger partial charge in [-0.05, 0) is 56.0 Å². The third-order valence-corrected chi connectivity index (χ3v) is 9.51. The summed E-state index contributed by atoms with van der Waals surface area (Å²) in [5.74, 6) is -3.85. The van der Waals surface area contributed by atoms with Crippen LogP contribution in [0.25, 0.3) is 21.7 Å². The van der Waals surface area contributed by atoms with Gasteiger partial charge in [-0.3, -0.25) is 24.5 Å². The topological polar surface area (TPSA) is 198 Å². The van der Waals surface area contributed by atoms with Crippen LogP contribution in [0.3, 0.4) is 0 Å². The number of nitrogens with zero attached hydrogens (tertiary/aromatic N) is 1. The van der Waals surface area contributed by atoms with Gasteiger partial charge in [0.1, 0.15) is 17.0 Å². The fraction of sp³-hybridized carbons (Fsp3) is 0.400. The van der Waals surface area contributed by atoms with Gasteiger partial charge in [0, 0.05) is 67.2 Å². The van der Waals surface area contributed by atoms with Crippen LogP contribution in [-0.2, 0) is 47.6 Å². The van der Waals surface area contributed by atoms with Gasteiger partial charge in [0.15, 0.2) is 18.3 Å². The first-order chi connectivity index (χ1) is 27.0. The monoisotopic (exact) mass is 807 g/mol. The van der Waals surface area contributed by atoms with Gasteiger partial charge in [-0.25, -0.2) is 9.59 Å². The molecule has 3 heterocycles. The quantitative estimate of drug-likeness (QED) is 0.118.